The molecule has 0 amide bonds. The quantitative estimate of drug-likeness (QED) is 0.850. The number of hydrogen-bond acceptors (Lipinski definition) is 1. The van der Waals surface area contributed by atoms with Gasteiger partial charge in [-0.1, -0.05) is 35.4 Å². The van der Waals surface area contributed by atoms with Crippen molar-refractivity contribution in [1.29, 1.82) is 0 Å². The molecule has 0 aliphatic rings. The summed E-state index contributed by atoms with van der Waals surface area (Å²) < 4.78 is 38.0. The van der Waals surface area contributed by atoms with Crippen LogP contribution in [0.2, 0.25) is 0 Å². The van der Waals surface area contributed by atoms with Gasteiger partial charge >= 0.3 is 6.18 Å². The minimum atomic E-state index is -4.37. The van der Waals surface area contributed by atoms with Crippen LogP contribution >= 0.6 is 0 Å². The first-order chi connectivity index (χ1) is 9.68. The Kier molecular flexibility index (Phi) is 4.10. The van der Waals surface area contributed by atoms with Gasteiger partial charge in [-0.2, -0.15) is 13.2 Å². The lowest BCUT2D eigenvalue weighted by molar-refractivity contribution is -0.137. The van der Waals surface area contributed by atoms with Gasteiger partial charge in [0.1, 0.15) is 6.10 Å². The average Bonchev–Trinajstić information content (AvgIpc) is 2.35. The SMILES string of the molecule is Cc1cc(C)cc(C(O)c2ccc(C(F)(F)F)cc2C)c1. The first kappa shape index (κ1) is 15.6. The van der Waals surface area contributed by atoms with E-state index in [0.717, 1.165) is 23.3 Å². The number of hydrogen-bond donors (Lipinski definition) is 1. The van der Waals surface area contributed by atoms with Crippen molar-refractivity contribution in [3.8, 4) is 0 Å². The number of aryl methyl sites for hydroxylation is 3. The van der Waals surface area contributed by atoms with E-state index in [-0.39, 0.29) is 0 Å². The van der Waals surface area contributed by atoms with Crippen LogP contribution in [0.15, 0.2) is 36.4 Å². The molecule has 2 aromatic rings. The van der Waals surface area contributed by atoms with Crippen LogP contribution in [0.25, 0.3) is 0 Å². The smallest absolute Gasteiger partial charge is 0.384 e. The number of halogens is 3. The van der Waals surface area contributed by atoms with Crippen LogP contribution < -0.4 is 0 Å². The number of rotatable bonds is 2. The first-order valence-corrected chi connectivity index (χ1v) is 6.62. The molecule has 1 atom stereocenters. The van der Waals surface area contributed by atoms with E-state index >= 15 is 0 Å². The molecule has 2 aromatic carbocycles. The Labute approximate surface area is 122 Å². The summed E-state index contributed by atoms with van der Waals surface area (Å²) in [5.41, 5.74) is 2.93. The van der Waals surface area contributed by atoms with Gasteiger partial charge < -0.3 is 5.11 Å². The fourth-order valence-corrected chi connectivity index (χ4v) is 2.51. The Morgan fingerprint density at radius 1 is 0.905 bits per heavy atom. The van der Waals surface area contributed by atoms with Crippen LogP contribution in [0.1, 0.15) is 39.5 Å². The van der Waals surface area contributed by atoms with Crippen molar-refractivity contribution in [1.82, 2.24) is 0 Å². The summed E-state index contributed by atoms with van der Waals surface area (Å²) in [5, 5.41) is 10.4. The Bertz CT molecular complexity index is 639. The van der Waals surface area contributed by atoms with Crippen LogP contribution in [-0.2, 0) is 6.18 Å². The minimum Gasteiger partial charge on any atom is -0.384 e. The van der Waals surface area contributed by atoms with Crippen molar-refractivity contribution >= 4 is 0 Å². The Balaban J connectivity index is 2.42. The standard InChI is InChI=1S/C17H17F3O/c1-10-6-11(2)8-13(7-10)16(21)15-5-4-14(9-12(15)3)17(18,19)20/h4-9,16,21H,1-3H3. The van der Waals surface area contributed by atoms with Crippen molar-refractivity contribution in [3.05, 3.63) is 69.8 Å². The van der Waals surface area contributed by atoms with Gasteiger partial charge in [-0.15, -0.1) is 0 Å². The first-order valence-electron chi connectivity index (χ1n) is 6.62. The van der Waals surface area contributed by atoms with Gasteiger partial charge in [0.05, 0.1) is 5.56 Å². The molecule has 0 aliphatic heterocycles. The zero-order chi connectivity index (χ0) is 15.8. The second-order valence-corrected chi connectivity index (χ2v) is 5.39. The van der Waals surface area contributed by atoms with Gasteiger partial charge in [0.15, 0.2) is 0 Å². The molecule has 0 aromatic heterocycles. The number of aliphatic hydroxyl groups excluding tert-OH is 1. The van der Waals surface area contributed by atoms with Crippen LogP contribution in [-0.4, -0.2) is 5.11 Å². The lowest BCUT2D eigenvalue weighted by Crippen LogP contribution is -2.08. The average molecular weight is 294 g/mol. The minimum absolute atomic E-state index is 0.427. The highest BCUT2D eigenvalue weighted by molar-refractivity contribution is 5.40. The van der Waals surface area contributed by atoms with Gasteiger partial charge in [-0.3, -0.25) is 0 Å². The van der Waals surface area contributed by atoms with E-state index in [9.17, 15) is 18.3 Å². The third-order valence-corrected chi connectivity index (χ3v) is 3.45. The summed E-state index contributed by atoms with van der Waals surface area (Å²) in [5.74, 6) is 0. The summed E-state index contributed by atoms with van der Waals surface area (Å²) >= 11 is 0. The molecule has 0 saturated carbocycles. The van der Waals surface area contributed by atoms with E-state index in [1.807, 2.05) is 32.0 Å². The molecule has 4 heteroatoms. The highest BCUT2D eigenvalue weighted by atomic mass is 19.4. The molecule has 1 unspecified atom stereocenters. The lowest BCUT2D eigenvalue weighted by Gasteiger charge is -2.17. The zero-order valence-corrected chi connectivity index (χ0v) is 12.1. The Morgan fingerprint density at radius 3 is 1.95 bits per heavy atom. The molecule has 0 spiro atoms. The Morgan fingerprint density at radius 2 is 1.48 bits per heavy atom. The molecule has 112 valence electrons. The van der Waals surface area contributed by atoms with Gasteiger partial charge in [-0.05, 0) is 49.6 Å². The summed E-state index contributed by atoms with van der Waals surface area (Å²) in [4.78, 5) is 0. The molecule has 1 N–H and O–H groups in total. The predicted octanol–water partition coefficient (Wildman–Crippen LogP) is 4.71. The summed E-state index contributed by atoms with van der Waals surface area (Å²) in [6.45, 7) is 5.42. The maximum absolute atomic E-state index is 12.7. The number of aliphatic hydroxyl groups is 1. The third kappa shape index (κ3) is 3.45. The number of benzene rings is 2. The summed E-state index contributed by atoms with van der Waals surface area (Å²) in [6.07, 6.45) is -5.29. The van der Waals surface area contributed by atoms with Crippen LogP contribution in [0, 0.1) is 20.8 Å². The molecular weight excluding hydrogens is 277 g/mol. The predicted molar refractivity (Wildman–Crippen MR) is 76.2 cm³/mol. The number of alkyl halides is 3. The van der Waals surface area contributed by atoms with E-state index in [4.69, 9.17) is 0 Å². The molecule has 0 radical (unpaired) electrons. The maximum Gasteiger partial charge on any atom is 0.416 e. The largest absolute Gasteiger partial charge is 0.416 e. The van der Waals surface area contributed by atoms with Gasteiger partial charge in [0, 0.05) is 0 Å². The van der Waals surface area contributed by atoms with Crippen molar-refractivity contribution in [3.63, 3.8) is 0 Å². The normalized spacial score (nSPS) is 13.3. The summed E-state index contributed by atoms with van der Waals surface area (Å²) in [6, 6.07) is 9.09. The van der Waals surface area contributed by atoms with Crippen LogP contribution in [0.5, 0.6) is 0 Å². The molecule has 0 saturated heterocycles. The lowest BCUT2D eigenvalue weighted by atomic mass is 9.94. The highest BCUT2D eigenvalue weighted by Crippen LogP contribution is 2.33. The fraction of sp³-hybridized carbons (Fsp3) is 0.294. The van der Waals surface area contributed by atoms with E-state index in [1.165, 1.54) is 6.07 Å². The van der Waals surface area contributed by atoms with E-state index < -0.39 is 17.8 Å². The molecule has 0 fully saturated rings. The van der Waals surface area contributed by atoms with Crippen LogP contribution in [0.3, 0.4) is 0 Å². The maximum atomic E-state index is 12.7. The molecule has 2 rings (SSSR count). The van der Waals surface area contributed by atoms with Crippen molar-refractivity contribution in [2.75, 3.05) is 0 Å². The molecule has 0 heterocycles. The fourth-order valence-electron chi connectivity index (χ4n) is 2.51. The van der Waals surface area contributed by atoms with E-state index in [1.54, 1.807) is 6.92 Å². The van der Waals surface area contributed by atoms with Crippen molar-refractivity contribution < 1.29 is 18.3 Å². The highest BCUT2D eigenvalue weighted by Gasteiger charge is 2.31. The van der Waals surface area contributed by atoms with Crippen molar-refractivity contribution in [2.24, 2.45) is 0 Å². The van der Waals surface area contributed by atoms with Gasteiger partial charge in [0.25, 0.3) is 0 Å². The van der Waals surface area contributed by atoms with Crippen LogP contribution in [0.4, 0.5) is 13.2 Å². The molecule has 21 heavy (non-hydrogen) atoms. The second kappa shape index (κ2) is 5.53. The molecule has 0 bridgehead atoms. The zero-order valence-electron chi connectivity index (χ0n) is 12.1. The van der Waals surface area contributed by atoms with E-state index in [2.05, 4.69) is 0 Å². The molecule has 0 aliphatic carbocycles. The molecule has 1 nitrogen and oxygen atoms in total. The third-order valence-electron chi connectivity index (χ3n) is 3.45. The monoisotopic (exact) mass is 294 g/mol. The van der Waals surface area contributed by atoms with E-state index in [0.29, 0.717) is 16.7 Å². The second-order valence-electron chi connectivity index (χ2n) is 5.39. The Hall–Kier alpha value is -1.81. The van der Waals surface area contributed by atoms with Gasteiger partial charge in [-0.25, -0.2) is 0 Å². The van der Waals surface area contributed by atoms with Gasteiger partial charge in [0.2, 0.25) is 0 Å². The molecular formula is C17H17F3O. The topological polar surface area (TPSA) is 20.2 Å². The summed E-state index contributed by atoms with van der Waals surface area (Å²) in [7, 11) is 0. The van der Waals surface area contributed by atoms with Crippen molar-refractivity contribution in [2.45, 2.75) is 33.1 Å².